The molecule has 3 atom stereocenters. The molecule has 0 aliphatic heterocycles. The number of nitrogens with one attached hydrogen (secondary N) is 1. The third-order valence-electron chi connectivity index (χ3n) is 4.63. The van der Waals surface area contributed by atoms with Gasteiger partial charge in [0.2, 0.25) is 6.41 Å². The first kappa shape index (κ1) is 21.2. The highest BCUT2D eigenvalue weighted by Gasteiger charge is 2.17. The third-order valence-corrected chi connectivity index (χ3v) is 4.89. The van der Waals surface area contributed by atoms with Crippen molar-refractivity contribution in [3.05, 3.63) is 53.6 Å². The zero-order chi connectivity index (χ0) is 19.8. The highest BCUT2D eigenvalue weighted by molar-refractivity contribution is 7.10. The smallest absolute Gasteiger partial charge is 0.211 e. The van der Waals surface area contributed by atoms with Gasteiger partial charge in [-0.1, -0.05) is 18.2 Å². The monoisotopic (exact) mass is 390 g/mol. The van der Waals surface area contributed by atoms with Crippen LogP contribution in [0, 0.1) is 0 Å². The maximum absolute atomic E-state index is 10.8. The van der Waals surface area contributed by atoms with Gasteiger partial charge in [0.1, 0.15) is 11.5 Å². The molecule has 6 nitrogen and oxygen atoms in total. The molecule has 2 aromatic rings. The molecule has 0 aliphatic carbocycles. The van der Waals surface area contributed by atoms with Gasteiger partial charge in [0, 0.05) is 12.6 Å². The quantitative estimate of drug-likeness (QED) is 0.482. The second kappa shape index (κ2) is 10.3. The van der Waals surface area contributed by atoms with Crippen molar-refractivity contribution in [2.45, 2.75) is 25.5 Å². The fourth-order valence-corrected chi connectivity index (χ4v) is 3.06. The summed E-state index contributed by atoms with van der Waals surface area (Å²) in [5.74, 6) is 1.36. The molecule has 0 aliphatic rings. The van der Waals surface area contributed by atoms with Gasteiger partial charge in [0.25, 0.3) is 0 Å². The molecule has 0 spiro atoms. The number of aliphatic hydroxyl groups is 1. The van der Waals surface area contributed by atoms with E-state index in [0.717, 1.165) is 12.2 Å². The van der Waals surface area contributed by atoms with E-state index < -0.39 is 6.10 Å². The molecule has 27 heavy (non-hydrogen) atoms. The van der Waals surface area contributed by atoms with Gasteiger partial charge in [-0.2, -0.15) is 0 Å². The Kier molecular flexibility index (Phi) is 8.04. The topological polar surface area (TPSA) is 71.0 Å². The van der Waals surface area contributed by atoms with Crippen LogP contribution in [-0.4, -0.2) is 43.2 Å². The van der Waals surface area contributed by atoms with Crippen LogP contribution in [0.5, 0.6) is 11.5 Å². The third kappa shape index (κ3) is 5.93. The van der Waals surface area contributed by atoms with Gasteiger partial charge in [0.15, 0.2) is 0 Å². The summed E-state index contributed by atoms with van der Waals surface area (Å²) in [6.45, 7) is 2.60. The summed E-state index contributed by atoms with van der Waals surface area (Å²) in [5.41, 5.74) is 2.45. The second-order valence-electron chi connectivity index (χ2n) is 6.49. The summed E-state index contributed by atoms with van der Waals surface area (Å²) in [6, 6.07) is 13.5. The zero-order valence-corrected chi connectivity index (χ0v) is 17.0. The van der Waals surface area contributed by atoms with E-state index in [1.54, 1.807) is 25.3 Å². The predicted molar refractivity (Wildman–Crippen MR) is 110 cm³/mol. The Hall–Kier alpha value is -2.14. The molecule has 2 aromatic carbocycles. The van der Waals surface area contributed by atoms with E-state index in [2.05, 4.69) is 38.7 Å². The van der Waals surface area contributed by atoms with Gasteiger partial charge in [-0.05, 0) is 55.8 Å². The van der Waals surface area contributed by atoms with E-state index >= 15 is 0 Å². The van der Waals surface area contributed by atoms with Crippen LogP contribution in [0.2, 0.25) is 0 Å². The molecule has 0 aromatic heterocycles. The maximum atomic E-state index is 10.8. The Balaban J connectivity index is 1.99. The first-order valence-corrected chi connectivity index (χ1v) is 9.17. The fraction of sp³-hybridized carbons (Fsp3) is 0.350. The summed E-state index contributed by atoms with van der Waals surface area (Å²) in [4.78, 5) is 12.9. The van der Waals surface area contributed by atoms with E-state index in [0.29, 0.717) is 30.0 Å². The van der Waals surface area contributed by atoms with E-state index in [1.165, 1.54) is 5.56 Å². The Bertz CT molecular complexity index is 739. The number of amides is 1. The summed E-state index contributed by atoms with van der Waals surface area (Å²) in [6.07, 6.45) is 0.770. The number of hydrogen-bond donors (Lipinski definition) is 2. The largest absolute Gasteiger partial charge is 0.497 e. The lowest BCUT2D eigenvalue weighted by Crippen LogP contribution is -2.34. The number of rotatable bonds is 10. The average molecular weight is 390 g/mol. The number of anilines is 1. The fourth-order valence-electron chi connectivity index (χ4n) is 2.85. The van der Waals surface area contributed by atoms with E-state index in [1.807, 2.05) is 19.2 Å². The number of likely N-dealkylation sites (N-methyl/N-ethyl adjacent to an activating group) is 1. The molecule has 1 amide bonds. The molecule has 0 saturated carbocycles. The van der Waals surface area contributed by atoms with Crippen LogP contribution in [0.4, 0.5) is 5.69 Å². The van der Waals surface area contributed by atoms with Crippen molar-refractivity contribution in [1.29, 1.82) is 0 Å². The number of carbonyl (C=O) groups excluding carboxylic acids is 1. The van der Waals surface area contributed by atoms with Gasteiger partial charge in [0.05, 0.1) is 28.4 Å². The maximum Gasteiger partial charge on any atom is 0.211 e. The van der Waals surface area contributed by atoms with E-state index in [4.69, 9.17) is 9.26 Å². The van der Waals surface area contributed by atoms with Crippen LogP contribution in [0.1, 0.15) is 24.2 Å². The Labute approximate surface area is 162 Å². The molecular weight excluding hydrogens is 363 g/mol. The minimum absolute atomic E-state index is 0.246. The molecule has 0 radical (unpaired) electrons. The number of ether oxygens (including phenoxy) is 1. The molecule has 3 unspecified atom stereocenters. The first-order chi connectivity index (χ1) is 13.0. The SMILES string of the molecule is COc1ccc(CC(C)N(C)CC(O)c2ccc(OP)c(NC=O)c2)cc1. The minimum Gasteiger partial charge on any atom is -0.497 e. The van der Waals surface area contributed by atoms with Gasteiger partial charge in [-0.25, -0.2) is 0 Å². The number of methoxy groups -OCH3 is 1. The number of hydrogen-bond acceptors (Lipinski definition) is 5. The normalized spacial score (nSPS) is 13.1. The number of benzene rings is 2. The van der Waals surface area contributed by atoms with Crippen LogP contribution < -0.4 is 14.6 Å². The Morgan fingerprint density at radius 1 is 1.26 bits per heavy atom. The number of nitrogens with zero attached hydrogens (tertiary/aromatic N) is 1. The van der Waals surface area contributed by atoms with Crippen LogP contribution in [0.25, 0.3) is 0 Å². The highest BCUT2D eigenvalue weighted by atomic mass is 31.0. The van der Waals surface area contributed by atoms with Crippen LogP contribution in [-0.2, 0) is 11.2 Å². The summed E-state index contributed by atoms with van der Waals surface area (Å²) >= 11 is 0. The Morgan fingerprint density at radius 2 is 1.96 bits per heavy atom. The van der Waals surface area contributed by atoms with Crippen molar-refractivity contribution in [3.63, 3.8) is 0 Å². The van der Waals surface area contributed by atoms with Gasteiger partial charge >= 0.3 is 0 Å². The molecular formula is C20H27N2O4P. The molecule has 0 fully saturated rings. The van der Waals surface area contributed by atoms with Gasteiger partial charge < -0.3 is 24.6 Å². The van der Waals surface area contributed by atoms with Crippen molar-refractivity contribution >= 4 is 21.6 Å². The number of carbonyl (C=O) groups is 1. The lowest BCUT2D eigenvalue weighted by Gasteiger charge is -2.27. The summed E-state index contributed by atoms with van der Waals surface area (Å²) in [5, 5.41) is 13.2. The van der Waals surface area contributed by atoms with Crippen LogP contribution >= 0.6 is 9.47 Å². The molecule has 146 valence electrons. The van der Waals surface area contributed by atoms with Gasteiger partial charge in [-0.15, -0.1) is 0 Å². The second-order valence-corrected chi connectivity index (χ2v) is 6.73. The minimum atomic E-state index is -0.681. The van der Waals surface area contributed by atoms with Crippen molar-refractivity contribution in [3.8, 4) is 11.5 Å². The molecule has 7 heteroatoms. The lowest BCUT2D eigenvalue weighted by atomic mass is 10.0. The van der Waals surface area contributed by atoms with Crippen molar-refractivity contribution < 1.29 is 19.2 Å². The van der Waals surface area contributed by atoms with Crippen LogP contribution in [0.15, 0.2) is 42.5 Å². The average Bonchev–Trinajstić information content (AvgIpc) is 2.68. The lowest BCUT2D eigenvalue weighted by molar-refractivity contribution is -0.105. The zero-order valence-electron chi connectivity index (χ0n) is 15.9. The first-order valence-electron chi connectivity index (χ1n) is 8.70. The molecule has 0 saturated heterocycles. The van der Waals surface area contributed by atoms with Crippen molar-refractivity contribution in [2.24, 2.45) is 0 Å². The van der Waals surface area contributed by atoms with Crippen molar-refractivity contribution in [1.82, 2.24) is 4.90 Å². The highest BCUT2D eigenvalue weighted by Crippen LogP contribution is 2.29. The number of aliphatic hydroxyl groups excluding tert-OH is 1. The molecule has 0 bridgehead atoms. The van der Waals surface area contributed by atoms with E-state index in [9.17, 15) is 9.90 Å². The predicted octanol–water partition coefficient (Wildman–Crippen LogP) is 3.03. The molecule has 2 N–H and O–H groups in total. The molecule has 0 heterocycles. The molecule has 2 rings (SSSR count). The van der Waals surface area contributed by atoms with E-state index in [-0.39, 0.29) is 6.04 Å². The summed E-state index contributed by atoms with van der Waals surface area (Å²) in [7, 11) is 5.79. The van der Waals surface area contributed by atoms with Gasteiger partial charge in [-0.3, -0.25) is 4.79 Å². The van der Waals surface area contributed by atoms with Crippen molar-refractivity contribution in [2.75, 3.05) is 26.0 Å². The summed E-state index contributed by atoms with van der Waals surface area (Å²) < 4.78 is 10.3. The standard InChI is InChI=1S/C20H27N2O4P/c1-14(10-15-4-7-17(25-3)8-5-15)22(2)12-19(24)16-6-9-20(26-27)18(11-16)21-13-23/h4-9,11,13-14,19,24H,10,12,27H2,1-3H3,(H,21,23). The van der Waals surface area contributed by atoms with Crippen LogP contribution in [0.3, 0.4) is 0 Å². The Morgan fingerprint density at radius 3 is 2.56 bits per heavy atom.